The Bertz CT molecular complexity index is 444. The Morgan fingerprint density at radius 2 is 1.86 bits per heavy atom. The maximum absolute atomic E-state index is 5.27. The third kappa shape index (κ3) is 7.00. The number of nitrogens with one attached hydrogen (secondary N) is 1. The highest BCUT2D eigenvalue weighted by molar-refractivity contribution is 5.85. The number of nitrogens with two attached hydrogens (primary N) is 2. The molecular formula is C13H25Cl2N7. The topological polar surface area (TPSA) is 105 Å². The summed E-state index contributed by atoms with van der Waals surface area (Å²) in [5.41, 5.74) is 10.5. The van der Waals surface area contributed by atoms with Gasteiger partial charge in [-0.25, -0.2) is 4.98 Å². The van der Waals surface area contributed by atoms with Crippen LogP contribution in [0.5, 0.6) is 0 Å². The normalized spacial score (nSPS) is 14.1. The molecule has 2 heterocycles. The van der Waals surface area contributed by atoms with Gasteiger partial charge in [0.2, 0.25) is 5.95 Å². The minimum atomic E-state index is 0. The van der Waals surface area contributed by atoms with E-state index in [2.05, 4.69) is 25.2 Å². The summed E-state index contributed by atoms with van der Waals surface area (Å²) in [5, 5.41) is 3.13. The summed E-state index contributed by atoms with van der Waals surface area (Å²) >= 11 is 0. The Labute approximate surface area is 143 Å². The number of guanidine groups is 1. The first kappa shape index (κ1) is 20.5. The van der Waals surface area contributed by atoms with Gasteiger partial charge in [0, 0.05) is 25.8 Å². The molecule has 0 aliphatic carbocycles. The van der Waals surface area contributed by atoms with E-state index in [-0.39, 0.29) is 30.8 Å². The van der Waals surface area contributed by atoms with Crippen molar-refractivity contribution in [3.05, 3.63) is 12.3 Å². The average Bonchev–Trinajstić information content (AvgIpc) is 2.73. The summed E-state index contributed by atoms with van der Waals surface area (Å²) in [6, 6.07) is 1.96. The van der Waals surface area contributed by atoms with E-state index < -0.39 is 0 Å². The molecule has 0 bridgehead atoms. The average molecular weight is 350 g/mol. The first-order valence-electron chi connectivity index (χ1n) is 7.13. The first-order chi connectivity index (χ1) is 9.75. The van der Waals surface area contributed by atoms with Gasteiger partial charge in [0.05, 0.1) is 6.54 Å². The van der Waals surface area contributed by atoms with Gasteiger partial charge in [-0.3, -0.25) is 4.99 Å². The molecule has 9 heteroatoms. The fourth-order valence-electron chi connectivity index (χ4n) is 2.26. The van der Waals surface area contributed by atoms with Gasteiger partial charge in [-0.2, -0.15) is 4.98 Å². The van der Waals surface area contributed by atoms with E-state index in [0.717, 1.165) is 18.9 Å². The monoisotopic (exact) mass is 349 g/mol. The molecule has 0 spiro atoms. The molecule has 1 aromatic rings. The predicted octanol–water partition coefficient (Wildman–Crippen LogP) is 1.39. The summed E-state index contributed by atoms with van der Waals surface area (Å²) in [7, 11) is 0. The third-order valence-corrected chi connectivity index (χ3v) is 3.26. The molecule has 1 fully saturated rings. The van der Waals surface area contributed by atoms with Crippen LogP contribution in [0.1, 0.15) is 25.7 Å². The second-order valence-electron chi connectivity index (χ2n) is 4.87. The molecule has 7 nitrogen and oxygen atoms in total. The summed E-state index contributed by atoms with van der Waals surface area (Å²) in [6.45, 7) is 3.27. The lowest BCUT2D eigenvalue weighted by molar-refractivity contribution is 0.726. The van der Waals surface area contributed by atoms with E-state index >= 15 is 0 Å². The molecule has 0 atom stereocenters. The molecule has 126 valence electrons. The fraction of sp³-hybridized carbons (Fsp3) is 0.615. The Hall–Kier alpha value is -1.47. The highest BCUT2D eigenvalue weighted by atomic mass is 35.5. The van der Waals surface area contributed by atoms with Crippen molar-refractivity contribution in [1.29, 1.82) is 0 Å². The zero-order valence-corrected chi connectivity index (χ0v) is 14.2. The number of rotatable bonds is 5. The van der Waals surface area contributed by atoms with Gasteiger partial charge in [-0.15, -0.1) is 24.8 Å². The van der Waals surface area contributed by atoms with Gasteiger partial charge < -0.3 is 21.7 Å². The molecule has 1 saturated heterocycles. The number of aromatic nitrogens is 2. The van der Waals surface area contributed by atoms with Crippen LogP contribution in [-0.2, 0) is 0 Å². The summed E-state index contributed by atoms with van der Waals surface area (Å²) in [4.78, 5) is 15.0. The van der Waals surface area contributed by atoms with Crippen LogP contribution in [0.3, 0.4) is 0 Å². The van der Waals surface area contributed by atoms with Gasteiger partial charge in [0.1, 0.15) is 5.82 Å². The van der Waals surface area contributed by atoms with Gasteiger partial charge in [0.15, 0.2) is 5.96 Å². The van der Waals surface area contributed by atoms with E-state index in [9.17, 15) is 0 Å². The molecule has 0 unspecified atom stereocenters. The van der Waals surface area contributed by atoms with E-state index in [4.69, 9.17) is 11.5 Å². The van der Waals surface area contributed by atoms with Crippen LogP contribution >= 0.6 is 24.8 Å². The van der Waals surface area contributed by atoms with Crippen LogP contribution in [-0.4, -0.2) is 42.1 Å². The molecule has 2 rings (SSSR count). The largest absolute Gasteiger partial charge is 0.370 e. The molecule has 1 aliphatic heterocycles. The van der Waals surface area contributed by atoms with E-state index in [1.165, 1.54) is 25.7 Å². The summed E-state index contributed by atoms with van der Waals surface area (Å²) < 4.78 is 0. The van der Waals surface area contributed by atoms with Crippen molar-refractivity contribution in [2.75, 3.05) is 36.4 Å². The minimum Gasteiger partial charge on any atom is -0.370 e. The predicted molar refractivity (Wildman–Crippen MR) is 96.4 cm³/mol. The fourth-order valence-corrected chi connectivity index (χ4v) is 2.26. The maximum Gasteiger partial charge on any atom is 0.224 e. The minimum absolute atomic E-state index is 0. The SMILES string of the molecule is Cl.Cl.NC(N)=NCCNc1nccc(N2CCCCCC2)n1. The van der Waals surface area contributed by atoms with Crippen LogP contribution < -0.4 is 21.7 Å². The molecule has 5 N–H and O–H groups in total. The Balaban J connectivity index is 0.00000220. The first-order valence-corrected chi connectivity index (χ1v) is 7.13. The summed E-state index contributed by atoms with van der Waals surface area (Å²) in [6.07, 6.45) is 6.88. The molecule has 1 aromatic heterocycles. The number of halogens is 2. The molecule has 0 aromatic carbocycles. The lowest BCUT2D eigenvalue weighted by atomic mass is 10.2. The smallest absolute Gasteiger partial charge is 0.224 e. The van der Waals surface area contributed by atoms with Gasteiger partial charge >= 0.3 is 0 Å². The molecule has 22 heavy (non-hydrogen) atoms. The summed E-state index contributed by atoms with van der Waals surface area (Å²) in [5.74, 6) is 1.72. The zero-order valence-electron chi connectivity index (χ0n) is 12.6. The highest BCUT2D eigenvalue weighted by Gasteiger charge is 2.11. The van der Waals surface area contributed by atoms with Crippen molar-refractivity contribution in [3.63, 3.8) is 0 Å². The van der Waals surface area contributed by atoms with E-state index in [1.807, 2.05) is 6.07 Å². The molecule has 0 saturated carbocycles. The van der Waals surface area contributed by atoms with Crippen molar-refractivity contribution in [2.45, 2.75) is 25.7 Å². The number of hydrogen-bond acceptors (Lipinski definition) is 5. The molecular weight excluding hydrogens is 325 g/mol. The van der Waals surface area contributed by atoms with Crippen LogP contribution in [0.15, 0.2) is 17.3 Å². The second-order valence-corrected chi connectivity index (χ2v) is 4.87. The second kappa shape index (κ2) is 11.1. The van der Waals surface area contributed by atoms with Gasteiger partial charge in [-0.05, 0) is 18.9 Å². The van der Waals surface area contributed by atoms with Crippen LogP contribution in [0.25, 0.3) is 0 Å². The lowest BCUT2D eigenvalue weighted by Crippen LogP contribution is -2.25. The van der Waals surface area contributed by atoms with Crippen LogP contribution in [0.4, 0.5) is 11.8 Å². The number of nitrogens with zero attached hydrogens (tertiary/aromatic N) is 4. The Kier molecular flexibility index (Phi) is 10.4. The zero-order chi connectivity index (χ0) is 14.2. The van der Waals surface area contributed by atoms with Crippen LogP contribution in [0.2, 0.25) is 0 Å². The Morgan fingerprint density at radius 3 is 2.50 bits per heavy atom. The van der Waals surface area contributed by atoms with E-state index in [0.29, 0.717) is 19.0 Å². The molecule has 1 aliphatic rings. The van der Waals surface area contributed by atoms with Crippen molar-refractivity contribution in [3.8, 4) is 0 Å². The lowest BCUT2D eigenvalue weighted by Gasteiger charge is -2.21. The van der Waals surface area contributed by atoms with Crippen molar-refractivity contribution in [2.24, 2.45) is 16.5 Å². The van der Waals surface area contributed by atoms with Crippen molar-refractivity contribution in [1.82, 2.24) is 9.97 Å². The van der Waals surface area contributed by atoms with Gasteiger partial charge in [0.25, 0.3) is 0 Å². The third-order valence-electron chi connectivity index (χ3n) is 3.26. The van der Waals surface area contributed by atoms with Crippen molar-refractivity contribution >= 4 is 42.5 Å². The highest BCUT2D eigenvalue weighted by Crippen LogP contribution is 2.17. The quantitative estimate of drug-likeness (QED) is 0.421. The van der Waals surface area contributed by atoms with Crippen molar-refractivity contribution < 1.29 is 0 Å². The Morgan fingerprint density at radius 1 is 1.18 bits per heavy atom. The molecule has 0 radical (unpaired) electrons. The van der Waals surface area contributed by atoms with Gasteiger partial charge in [-0.1, -0.05) is 12.8 Å². The molecule has 0 amide bonds. The standard InChI is InChI=1S/C13H23N7.2ClH/c14-12(15)16-7-8-18-13-17-6-5-11(19-13)20-9-3-1-2-4-10-20;;/h5-6H,1-4,7-10H2,(H4,14,15,16)(H,17,18,19);2*1H. The van der Waals surface area contributed by atoms with E-state index in [1.54, 1.807) is 6.20 Å². The number of hydrogen-bond donors (Lipinski definition) is 3. The van der Waals surface area contributed by atoms with Crippen LogP contribution in [0, 0.1) is 0 Å². The number of anilines is 2. The number of aliphatic imine (C=N–C) groups is 1. The maximum atomic E-state index is 5.27.